The number of carboxylic acid groups (broad SMARTS) is 1. The van der Waals surface area contributed by atoms with Gasteiger partial charge in [0.05, 0.1) is 12.3 Å². The summed E-state index contributed by atoms with van der Waals surface area (Å²) in [7, 11) is 0. The van der Waals surface area contributed by atoms with Crippen LogP contribution in [0.1, 0.15) is 50.5 Å². The second kappa shape index (κ2) is 13.4. The Bertz CT molecular complexity index is 740. The topological polar surface area (TPSA) is 98.7 Å². The molecular formula is C24H36ClN3O4. The van der Waals surface area contributed by atoms with Crippen LogP contribution in [0.5, 0.6) is 0 Å². The van der Waals surface area contributed by atoms with Gasteiger partial charge in [0.15, 0.2) is 0 Å². The van der Waals surface area contributed by atoms with Gasteiger partial charge < -0.3 is 20.6 Å². The van der Waals surface area contributed by atoms with Crippen molar-refractivity contribution in [2.75, 3.05) is 26.2 Å². The van der Waals surface area contributed by atoms with Crippen LogP contribution < -0.4 is 10.6 Å². The predicted octanol–water partition coefficient (Wildman–Crippen LogP) is 2.63. The van der Waals surface area contributed by atoms with Crippen LogP contribution in [0.25, 0.3) is 0 Å². The summed E-state index contributed by atoms with van der Waals surface area (Å²) >= 11 is 0. The number of halogens is 1. The standard InChI is InChI=1S/C24H35N3O4.ClH/c28-22(9-8-18-10-12-25-13-11-18)27-14-4-7-20(17-27)24(31)26-21(16-23(29)30)15-19-5-2-1-3-6-19;/h1-3,5-6,18,20-21,25H,4,7-17H2,(H,26,31)(H,29,30);1H/t20-,21-;/m1./s1. The third-order valence-electron chi connectivity index (χ3n) is 6.46. The van der Waals surface area contributed by atoms with Gasteiger partial charge in [-0.05, 0) is 63.1 Å². The lowest BCUT2D eigenvalue weighted by Gasteiger charge is -2.33. The van der Waals surface area contributed by atoms with Crippen molar-refractivity contribution in [2.45, 2.75) is 57.4 Å². The molecule has 1 aromatic rings. The van der Waals surface area contributed by atoms with E-state index in [2.05, 4.69) is 10.6 Å². The minimum absolute atomic E-state index is 0. The highest BCUT2D eigenvalue weighted by molar-refractivity contribution is 5.85. The molecule has 3 N–H and O–H groups in total. The number of aliphatic carboxylic acids is 1. The number of nitrogens with zero attached hydrogens (tertiary/aromatic N) is 1. The Morgan fingerprint density at radius 3 is 2.53 bits per heavy atom. The normalized spacial score (nSPS) is 20.1. The fourth-order valence-corrected chi connectivity index (χ4v) is 4.68. The van der Waals surface area contributed by atoms with Crippen molar-refractivity contribution in [1.82, 2.24) is 15.5 Å². The van der Waals surface area contributed by atoms with Gasteiger partial charge in [-0.15, -0.1) is 12.4 Å². The lowest BCUT2D eigenvalue weighted by molar-refractivity contribution is -0.138. The zero-order valence-corrected chi connectivity index (χ0v) is 19.4. The maximum absolute atomic E-state index is 12.9. The number of carbonyl (C=O) groups is 3. The largest absolute Gasteiger partial charge is 0.481 e. The van der Waals surface area contributed by atoms with Crippen molar-refractivity contribution >= 4 is 30.2 Å². The molecule has 7 nitrogen and oxygen atoms in total. The van der Waals surface area contributed by atoms with Gasteiger partial charge in [0.1, 0.15) is 0 Å². The van der Waals surface area contributed by atoms with E-state index in [1.165, 1.54) is 0 Å². The van der Waals surface area contributed by atoms with Crippen LogP contribution >= 0.6 is 12.4 Å². The smallest absolute Gasteiger partial charge is 0.305 e. The predicted molar refractivity (Wildman–Crippen MR) is 126 cm³/mol. The van der Waals surface area contributed by atoms with E-state index in [0.29, 0.717) is 31.8 Å². The zero-order chi connectivity index (χ0) is 22.1. The van der Waals surface area contributed by atoms with Gasteiger partial charge in [-0.1, -0.05) is 30.3 Å². The SMILES string of the molecule is Cl.O=C(O)C[C@@H](Cc1ccccc1)NC(=O)[C@@H]1CCCN(C(=O)CCC2CCNCC2)C1. The van der Waals surface area contributed by atoms with Crippen LogP contribution in [0.2, 0.25) is 0 Å². The van der Waals surface area contributed by atoms with Gasteiger partial charge in [0.25, 0.3) is 0 Å². The Balaban J connectivity index is 0.00000363. The fourth-order valence-electron chi connectivity index (χ4n) is 4.68. The van der Waals surface area contributed by atoms with Crippen LogP contribution in [0.4, 0.5) is 0 Å². The quantitative estimate of drug-likeness (QED) is 0.520. The molecule has 2 heterocycles. The molecule has 178 valence electrons. The molecule has 2 aliphatic heterocycles. The molecule has 1 aromatic carbocycles. The maximum Gasteiger partial charge on any atom is 0.305 e. The highest BCUT2D eigenvalue weighted by Gasteiger charge is 2.30. The molecule has 2 amide bonds. The number of carbonyl (C=O) groups excluding carboxylic acids is 2. The average Bonchev–Trinajstić information content (AvgIpc) is 2.78. The number of hydrogen-bond donors (Lipinski definition) is 3. The number of carboxylic acids is 1. The fraction of sp³-hybridized carbons (Fsp3) is 0.625. The van der Waals surface area contributed by atoms with Crippen LogP contribution in [0.3, 0.4) is 0 Å². The third kappa shape index (κ3) is 8.43. The van der Waals surface area contributed by atoms with Crippen LogP contribution in [-0.2, 0) is 20.8 Å². The van der Waals surface area contributed by atoms with E-state index >= 15 is 0 Å². The molecule has 2 aliphatic rings. The highest BCUT2D eigenvalue weighted by Crippen LogP contribution is 2.22. The first kappa shape index (κ1) is 26.1. The Morgan fingerprint density at radius 2 is 1.84 bits per heavy atom. The summed E-state index contributed by atoms with van der Waals surface area (Å²) in [5, 5.41) is 15.6. The number of likely N-dealkylation sites (tertiary alicyclic amines) is 1. The Morgan fingerprint density at radius 1 is 1.12 bits per heavy atom. The number of amides is 2. The molecule has 0 aromatic heterocycles. The van der Waals surface area contributed by atoms with Gasteiger partial charge in [0, 0.05) is 25.6 Å². The minimum atomic E-state index is -0.931. The van der Waals surface area contributed by atoms with Gasteiger partial charge in [0.2, 0.25) is 11.8 Å². The first-order chi connectivity index (χ1) is 15.0. The van der Waals surface area contributed by atoms with Gasteiger partial charge in [-0.3, -0.25) is 14.4 Å². The van der Waals surface area contributed by atoms with Gasteiger partial charge >= 0.3 is 5.97 Å². The number of hydrogen-bond acceptors (Lipinski definition) is 4. The van der Waals surface area contributed by atoms with E-state index in [9.17, 15) is 19.5 Å². The summed E-state index contributed by atoms with van der Waals surface area (Å²) in [5.74, 6) is -0.590. The first-order valence-electron chi connectivity index (χ1n) is 11.6. The summed E-state index contributed by atoms with van der Waals surface area (Å²) in [6.45, 7) is 3.20. The first-order valence-corrected chi connectivity index (χ1v) is 11.6. The maximum atomic E-state index is 12.9. The molecule has 2 atom stereocenters. The minimum Gasteiger partial charge on any atom is -0.481 e. The van der Waals surface area contributed by atoms with Crippen LogP contribution in [0, 0.1) is 11.8 Å². The number of nitrogens with one attached hydrogen (secondary N) is 2. The summed E-state index contributed by atoms with van der Waals surface area (Å²) in [4.78, 5) is 38.7. The van der Waals surface area contributed by atoms with Crippen molar-refractivity contribution in [3.63, 3.8) is 0 Å². The molecular weight excluding hydrogens is 430 g/mol. The van der Waals surface area contributed by atoms with E-state index in [0.717, 1.165) is 50.8 Å². The van der Waals surface area contributed by atoms with Gasteiger partial charge in [-0.25, -0.2) is 0 Å². The molecule has 0 bridgehead atoms. The van der Waals surface area contributed by atoms with Crippen molar-refractivity contribution in [3.05, 3.63) is 35.9 Å². The molecule has 2 saturated heterocycles. The van der Waals surface area contributed by atoms with Crippen molar-refractivity contribution in [3.8, 4) is 0 Å². The molecule has 2 fully saturated rings. The van der Waals surface area contributed by atoms with E-state index < -0.39 is 12.0 Å². The molecule has 3 rings (SSSR count). The molecule has 32 heavy (non-hydrogen) atoms. The molecule has 0 spiro atoms. The van der Waals surface area contributed by atoms with Crippen LogP contribution in [-0.4, -0.2) is 60.0 Å². The molecule has 0 radical (unpaired) electrons. The Kier molecular flexibility index (Phi) is 11.0. The lowest BCUT2D eigenvalue weighted by atomic mass is 9.92. The third-order valence-corrected chi connectivity index (χ3v) is 6.46. The van der Waals surface area contributed by atoms with Crippen molar-refractivity contribution in [2.24, 2.45) is 11.8 Å². The summed E-state index contributed by atoms with van der Waals surface area (Å²) < 4.78 is 0. The second-order valence-corrected chi connectivity index (χ2v) is 8.90. The zero-order valence-electron chi connectivity index (χ0n) is 18.6. The van der Waals surface area contributed by atoms with Crippen molar-refractivity contribution < 1.29 is 19.5 Å². The van der Waals surface area contributed by atoms with E-state index in [-0.39, 0.29) is 36.6 Å². The molecule has 8 heteroatoms. The van der Waals surface area contributed by atoms with Gasteiger partial charge in [-0.2, -0.15) is 0 Å². The molecule has 0 saturated carbocycles. The molecule has 0 aliphatic carbocycles. The Labute approximate surface area is 196 Å². The molecule has 0 unspecified atom stereocenters. The summed E-state index contributed by atoms with van der Waals surface area (Å²) in [6, 6.07) is 9.13. The monoisotopic (exact) mass is 465 g/mol. The summed E-state index contributed by atoms with van der Waals surface area (Å²) in [6.07, 6.45) is 5.63. The Hall–Kier alpha value is -2.12. The second-order valence-electron chi connectivity index (χ2n) is 8.90. The van der Waals surface area contributed by atoms with Crippen LogP contribution in [0.15, 0.2) is 30.3 Å². The number of benzene rings is 1. The lowest BCUT2D eigenvalue weighted by Crippen LogP contribution is -2.48. The highest BCUT2D eigenvalue weighted by atomic mass is 35.5. The average molecular weight is 466 g/mol. The number of piperidine rings is 2. The van der Waals surface area contributed by atoms with Crippen molar-refractivity contribution in [1.29, 1.82) is 0 Å². The van der Waals surface area contributed by atoms with E-state index in [1.807, 2.05) is 35.2 Å². The van der Waals surface area contributed by atoms with E-state index in [1.54, 1.807) is 0 Å². The number of rotatable bonds is 9. The van der Waals surface area contributed by atoms with E-state index in [4.69, 9.17) is 0 Å². The summed E-state index contributed by atoms with van der Waals surface area (Å²) in [5.41, 5.74) is 0.993.